The molecule has 2 unspecified atom stereocenters. The molecule has 2 atom stereocenters. The summed E-state index contributed by atoms with van der Waals surface area (Å²) in [6.45, 7) is 6.77. The number of nitrogens with zero attached hydrogens (tertiary/aromatic N) is 1. The Morgan fingerprint density at radius 3 is 3.16 bits per heavy atom. The van der Waals surface area contributed by atoms with Crippen LogP contribution in [0.15, 0.2) is 24.3 Å². The molecule has 3 rings (SSSR count). The van der Waals surface area contributed by atoms with E-state index < -0.39 is 0 Å². The highest BCUT2D eigenvalue weighted by Crippen LogP contribution is 2.29. The van der Waals surface area contributed by atoms with Gasteiger partial charge >= 0.3 is 0 Å². The Bertz CT molecular complexity index is 421. The fourth-order valence-corrected chi connectivity index (χ4v) is 3.20. The number of likely N-dealkylation sites (tertiary alicyclic amines) is 1. The minimum Gasteiger partial charge on any atom is -0.485 e. The predicted octanol–water partition coefficient (Wildman–Crippen LogP) is 2.98. The summed E-state index contributed by atoms with van der Waals surface area (Å²) < 4.78 is 6.10. The first-order valence-electron chi connectivity index (χ1n) is 7.57. The zero-order valence-corrected chi connectivity index (χ0v) is 11.8. The Hall–Kier alpha value is -1.22. The van der Waals surface area contributed by atoms with E-state index in [9.17, 15) is 0 Å². The van der Waals surface area contributed by atoms with E-state index >= 15 is 0 Å². The lowest BCUT2D eigenvalue weighted by atomic mass is 9.95. The predicted molar refractivity (Wildman–Crippen MR) is 78.8 cm³/mol. The second-order valence-electron chi connectivity index (χ2n) is 5.79. The van der Waals surface area contributed by atoms with Crippen LogP contribution in [0.2, 0.25) is 0 Å². The molecule has 1 N–H and O–H groups in total. The van der Waals surface area contributed by atoms with Gasteiger partial charge in [0.15, 0.2) is 0 Å². The molecule has 3 nitrogen and oxygen atoms in total. The molecule has 1 fully saturated rings. The van der Waals surface area contributed by atoms with Crippen LogP contribution in [0.5, 0.6) is 5.75 Å². The average molecular weight is 260 g/mol. The molecule has 1 aromatic rings. The lowest BCUT2D eigenvalue weighted by Crippen LogP contribution is -2.45. The summed E-state index contributed by atoms with van der Waals surface area (Å²) in [4.78, 5) is 2.58. The van der Waals surface area contributed by atoms with Crippen molar-refractivity contribution in [1.29, 1.82) is 0 Å². The number of fused-ring (bicyclic) bond motifs is 1. The van der Waals surface area contributed by atoms with Gasteiger partial charge in [0.1, 0.15) is 11.9 Å². The number of piperidine rings is 1. The Morgan fingerprint density at radius 1 is 1.37 bits per heavy atom. The van der Waals surface area contributed by atoms with E-state index in [2.05, 4.69) is 29.3 Å². The summed E-state index contributed by atoms with van der Waals surface area (Å²) in [6.07, 6.45) is 4.34. The molecule has 0 radical (unpaired) electrons. The summed E-state index contributed by atoms with van der Waals surface area (Å²) >= 11 is 0. The van der Waals surface area contributed by atoms with Gasteiger partial charge in [-0.1, -0.05) is 25.5 Å². The molecular weight excluding hydrogens is 236 g/mol. The number of benzene rings is 1. The topological polar surface area (TPSA) is 24.5 Å². The smallest absolute Gasteiger partial charge is 0.142 e. The highest BCUT2D eigenvalue weighted by Gasteiger charge is 2.24. The van der Waals surface area contributed by atoms with Crippen molar-refractivity contribution < 1.29 is 4.74 Å². The molecule has 0 bridgehead atoms. The van der Waals surface area contributed by atoms with Crippen LogP contribution in [-0.2, 0) is 0 Å². The van der Waals surface area contributed by atoms with Gasteiger partial charge in [0.05, 0.1) is 12.2 Å². The second kappa shape index (κ2) is 5.83. The second-order valence-corrected chi connectivity index (χ2v) is 5.79. The van der Waals surface area contributed by atoms with E-state index in [-0.39, 0.29) is 6.10 Å². The van der Waals surface area contributed by atoms with Crippen molar-refractivity contribution in [3.8, 4) is 5.75 Å². The molecule has 0 aromatic heterocycles. The van der Waals surface area contributed by atoms with Gasteiger partial charge < -0.3 is 10.1 Å². The molecule has 0 spiro atoms. The summed E-state index contributed by atoms with van der Waals surface area (Å²) in [5, 5.41) is 3.48. The minimum atomic E-state index is 0.283. The number of para-hydroxylation sites is 2. The molecule has 2 aliphatic rings. The van der Waals surface area contributed by atoms with Gasteiger partial charge in [0, 0.05) is 13.1 Å². The normalized spacial score (nSPS) is 27.2. The average Bonchev–Trinajstić information content (AvgIpc) is 2.47. The first kappa shape index (κ1) is 12.8. The van der Waals surface area contributed by atoms with Crippen LogP contribution in [0.3, 0.4) is 0 Å². The maximum absolute atomic E-state index is 6.10. The molecule has 1 aromatic carbocycles. The summed E-state index contributed by atoms with van der Waals surface area (Å²) in [6, 6.07) is 8.22. The van der Waals surface area contributed by atoms with Crippen molar-refractivity contribution in [3.63, 3.8) is 0 Å². The van der Waals surface area contributed by atoms with Crippen LogP contribution in [-0.4, -0.2) is 37.2 Å². The number of anilines is 1. The van der Waals surface area contributed by atoms with Crippen molar-refractivity contribution in [2.24, 2.45) is 5.92 Å². The monoisotopic (exact) mass is 260 g/mol. The Balaban J connectivity index is 1.57. The third kappa shape index (κ3) is 3.03. The van der Waals surface area contributed by atoms with Gasteiger partial charge in [0.25, 0.3) is 0 Å². The Morgan fingerprint density at radius 2 is 2.26 bits per heavy atom. The zero-order chi connectivity index (χ0) is 13.1. The first-order chi connectivity index (χ1) is 9.35. The third-order valence-electron chi connectivity index (χ3n) is 4.34. The molecule has 3 heteroatoms. The molecule has 19 heavy (non-hydrogen) atoms. The molecule has 104 valence electrons. The number of nitrogens with one attached hydrogen (secondary N) is 1. The van der Waals surface area contributed by atoms with Crippen LogP contribution in [0.4, 0.5) is 5.69 Å². The molecule has 0 amide bonds. The van der Waals surface area contributed by atoms with Gasteiger partial charge in [-0.2, -0.15) is 0 Å². The minimum absolute atomic E-state index is 0.283. The van der Waals surface area contributed by atoms with Crippen molar-refractivity contribution >= 4 is 5.69 Å². The van der Waals surface area contributed by atoms with E-state index in [1.807, 2.05) is 12.1 Å². The number of ether oxygens (including phenoxy) is 1. The molecule has 2 heterocycles. The highest BCUT2D eigenvalue weighted by atomic mass is 16.5. The zero-order valence-electron chi connectivity index (χ0n) is 11.8. The van der Waals surface area contributed by atoms with Gasteiger partial charge in [0.2, 0.25) is 0 Å². The van der Waals surface area contributed by atoms with E-state index in [1.165, 1.54) is 32.4 Å². The first-order valence-corrected chi connectivity index (χ1v) is 7.57. The van der Waals surface area contributed by atoms with Crippen LogP contribution < -0.4 is 10.1 Å². The maximum atomic E-state index is 6.10. The van der Waals surface area contributed by atoms with Gasteiger partial charge in [-0.15, -0.1) is 0 Å². The summed E-state index contributed by atoms with van der Waals surface area (Å²) in [5.74, 6) is 1.89. The number of hydrogen-bond donors (Lipinski definition) is 1. The summed E-state index contributed by atoms with van der Waals surface area (Å²) in [5.41, 5.74) is 1.13. The largest absolute Gasteiger partial charge is 0.485 e. The van der Waals surface area contributed by atoms with Gasteiger partial charge in [-0.25, -0.2) is 0 Å². The van der Waals surface area contributed by atoms with E-state index in [0.29, 0.717) is 0 Å². The molecule has 2 aliphatic heterocycles. The number of rotatable bonds is 3. The van der Waals surface area contributed by atoms with Gasteiger partial charge in [-0.3, -0.25) is 4.90 Å². The fraction of sp³-hybridized carbons (Fsp3) is 0.625. The lowest BCUT2D eigenvalue weighted by Gasteiger charge is -2.36. The van der Waals surface area contributed by atoms with Crippen molar-refractivity contribution in [3.05, 3.63) is 24.3 Å². The van der Waals surface area contributed by atoms with Crippen LogP contribution >= 0.6 is 0 Å². The third-order valence-corrected chi connectivity index (χ3v) is 4.34. The van der Waals surface area contributed by atoms with Crippen LogP contribution in [0.25, 0.3) is 0 Å². The van der Waals surface area contributed by atoms with Crippen LogP contribution in [0, 0.1) is 5.92 Å². The fourth-order valence-electron chi connectivity index (χ4n) is 3.20. The van der Waals surface area contributed by atoms with Gasteiger partial charge in [-0.05, 0) is 37.4 Å². The van der Waals surface area contributed by atoms with E-state index in [4.69, 9.17) is 4.74 Å². The molecule has 0 saturated carbocycles. The quantitative estimate of drug-likeness (QED) is 0.904. The Kier molecular flexibility index (Phi) is 3.92. The summed E-state index contributed by atoms with van der Waals surface area (Å²) in [7, 11) is 0. The lowest BCUT2D eigenvalue weighted by molar-refractivity contribution is 0.101. The van der Waals surface area contributed by atoms with Crippen molar-refractivity contribution in [2.75, 3.05) is 31.5 Å². The molecule has 0 aliphatic carbocycles. The maximum Gasteiger partial charge on any atom is 0.142 e. The standard InChI is InChI=1S/C16H24N2O/c1-2-13-6-5-9-18(11-13)12-14-10-17-15-7-3-4-8-16(15)19-14/h3-4,7-8,13-14,17H,2,5-6,9-12H2,1H3. The number of hydrogen-bond acceptors (Lipinski definition) is 3. The van der Waals surface area contributed by atoms with Crippen LogP contribution in [0.1, 0.15) is 26.2 Å². The SMILES string of the molecule is CCC1CCCN(CC2CNc3ccccc3O2)C1. The van der Waals surface area contributed by atoms with E-state index in [0.717, 1.165) is 30.4 Å². The van der Waals surface area contributed by atoms with Crippen molar-refractivity contribution in [1.82, 2.24) is 4.90 Å². The van der Waals surface area contributed by atoms with Crippen molar-refractivity contribution in [2.45, 2.75) is 32.3 Å². The molecule has 1 saturated heterocycles. The Labute approximate surface area is 115 Å². The molecular formula is C16H24N2O. The highest BCUT2D eigenvalue weighted by molar-refractivity contribution is 5.57. The van der Waals surface area contributed by atoms with E-state index in [1.54, 1.807) is 0 Å².